The summed E-state index contributed by atoms with van der Waals surface area (Å²) < 4.78 is 40.5. The number of hydrogen-bond donors (Lipinski definition) is 1. The van der Waals surface area contributed by atoms with Crippen LogP contribution in [0.5, 0.6) is 0 Å². The molecule has 3 rings (SSSR count). The second kappa shape index (κ2) is 9.99. The van der Waals surface area contributed by atoms with E-state index in [0.717, 1.165) is 16.3 Å². The maximum absolute atomic E-state index is 13.2. The fourth-order valence-corrected chi connectivity index (χ4v) is 4.27. The second-order valence-electron chi connectivity index (χ2n) is 6.69. The third-order valence-electron chi connectivity index (χ3n) is 4.52. The zero-order valence-electron chi connectivity index (χ0n) is 16.9. The first-order chi connectivity index (χ1) is 14.9. The van der Waals surface area contributed by atoms with E-state index in [1.165, 1.54) is 42.6 Å². The van der Waals surface area contributed by atoms with Gasteiger partial charge in [-0.15, -0.1) is 0 Å². The predicted octanol–water partition coefficient (Wildman–Crippen LogP) is 3.73. The fraction of sp³-hybridized carbons (Fsp3) is 0.130. The van der Waals surface area contributed by atoms with Crippen molar-refractivity contribution in [2.45, 2.75) is 18.2 Å². The van der Waals surface area contributed by atoms with Gasteiger partial charge in [0.05, 0.1) is 16.8 Å². The summed E-state index contributed by atoms with van der Waals surface area (Å²) in [6, 6.07) is 20.5. The van der Waals surface area contributed by atoms with Crippen molar-refractivity contribution in [1.29, 1.82) is 0 Å². The number of carbonyl (C=O) groups excluding carboxylic acids is 1. The van der Waals surface area contributed by atoms with E-state index in [0.29, 0.717) is 11.3 Å². The maximum atomic E-state index is 13.2. The Morgan fingerprint density at radius 1 is 1.00 bits per heavy atom. The smallest absolute Gasteiger partial charge is 0.264 e. The topological polar surface area (TPSA) is 78.8 Å². The number of sulfonamides is 1. The highest BCUT2D eigenvalue weighted by molar-refractivity contribution is 7.92. The van der Waals surface area contributed by atoms with Gasteiger partial charge in [0.15, 0.2) is 0 Å². The molecule has 160 valence electrons. The monoisotopic (exact) mass is 439 g/mol. The van der Waals surface area contributed by atoms with Gasteiger partial charge in [-0.2, -0.15) is 5.10 Å². The van der Waals surface area contributed by atoms with E-state index in [2.05, 4.69) is 10.5 Å². The Balaban J connectivity index is 1.82. The predicted molar refractivity (Wildman–Crippen MR) is 119 cm³/mol. The number of carbonyl (C=O) groups is 1. The molecule has 0 saturated carbocycles. The number of aryl methyl sites for hydroxylation is 1. The van der Waals surface area contributed by atoms with Crippen molar-refractivity contribution in [3.05, 3.63) is 95.8 Å². The molecule has 6 nitrogen and oxygen atoms in total. The lowest BCUT2D eigenvalue weighted by atomic mass is 10.1. The van der Waals surface area contributed by atoms with E-state index in [1.807, 2.05) is 19.1 Å². The van der Waals surface area contributed by atoms with Crippen LogP contribution in [0.4, 0.5) is 10.1 Å². The van der Waals surface area contributed by atoms with Crippen molar-refractivity contribution in [1.82, 2.24) is 5.43 Å². The number of benzene rings is 3. The minimum Gasteiger partial charge on any atom is -0.271 e. The molecule has 0 heterocycles. The number of hydrazone groups is 1. The Morgan fingerprint density at radius 2 is 1.65 bits per heavy atom. The molecule has 0 atom stereocenters. The van der Waals surface area contributed by atoms with Crippen molar-refractivity contribution in [2.75, 3.05) is 10.8 Å². The first-order valence-electron chi connectivity index (χ1n) is 9.64. The molecule has 0 aliphatic heterocycles. The van der Waals surface area contributed by atoms with Crippen molar-refractivity contribution >= 4 is 27.8 Å². The van der Waals surface area contributed by atoms with Crippen LogP contribution in [-0.2, 0) is 21.2 Å². The summed E-state index contributed by atoms with van der Waals surface area (Å²) in [5.74, 6) is -0.991. The summed E-state index contributed by atoms with van der Waals surface area (Å²) in [5, 5.41) is 3.83. The summed E-state index contributed by atoms with van der Waals surface area (Å²) in [4.78, 5) is 12.6. The summed E-state index contributed by atoms with van der Waals surface area (Å²) in [5.41, 5.74) is 4.34. The Morgan fingerprint density at radius 3 is 2.26 bits per heavy atom. The SMILES string of the molecule is CCc1ccc(N(CC(=O)N/N=C\c2ccc(F)cc2)S(=O)(=O)c2ccccc2)cc1. The molecule has 0 aliphatic rings. The standard InChI is InChI=1S/C23H22FN3O3S/c1-2-18-10-14-21(15-11-18)27(31(29,30)22-6-4-3-5-7-22)17-23(28)26-25-16-19-8-12-20(24)13-9-19/h3-16H,2,17H2,1H3,(H,26,28)/b25-16-. The summed E-state index contributed by atoms with van der Waals surface area (Å²) in [6.45, 7) is 1.55. The van der Waals surface area contributed by atoms with Gasteiger partial charge in [-0.25, -0.2) is 18.2 Å². The third kappa shape index (κ3) is 5.76. The van der Waals surface area contributed by atoms with Crippen molar-refractivity contribution in [2.24, 2.45) is 5.10 Å². The maximum Gasteiger partial charge on any atom is 0.264 e. The summed E-state index contributed by atoms with van der Waals surface area (Å²) in [7, 11) is -3.97. The lowest BCUT2D eigenvalue weighted by Crippen LogP contribution is -2.39. The number of amides is 1. The van der Waals surface area contributed by atoms with E-state index < -0.39 is 22.5 Å². The van der Waals surface area contributed by atoms with E-state index in [-0.39, 0.29) is 10.7 Å². The molecule has 0 unspecified atom stereocenters. The molecule has 0 saturated heterocycles. The largest absolute Gasteiger partial charge is 0.271 e. The fourth-order valence-electron chi connectivity index (χ4n) is 2.83. The van der Waals surface area contributed by atoms with Crippen LogP contribution in [0.25, 0.3) is 0 Å². The van der Waals surface area contributed by atoms with Crippen molar-refractivity contribution in [3.63, 3.8) is 0 Å². The van der Waals surface area contributed by atoms with Crippen LogP contribution >= 0.6 is 0 Å². The van der Waals surface area contributed by atoms with Crippen LogP contribution in [0.15, 0.2) is 88.9 Å². The molecule has 8 heteroatoms. The number of anilines is 1. The summed E-state index contributed by atoms with van der Waals surface area (Å²) >= 11 is 0. The number of nitrogens with zero attached hydrogens (tertiary/aromatic N) is 2. The van der Waals surface area contributed by atoms with Crippen LogP contribution in [0.1, 0.15) is 18.1 Å². The molecule has 1 amide bonds. The highest BCUT2D eigenvalue weighted by atomic mass is 32.2. The molecule has 31 heavy (non-hydrogen) atoms. The van der Waals surface area contributed by atoms with Gasteiger partial charge in [-0.05, 0) is 53.9 Å². The van der Waals surface area contributed by atoms with E-state index in [4.69, 9.17) is 0 Å². The molecule has 0 aromatic heterocycles. The first-order valence-corrected chi connectivity index (χ1v) is 11.1. The van der Waals surface area contributed by atoms with Gasteiger partial charge in [0.25, 0.3) is 15.9 Å². The molecular formula is C23H22FN3O3S. The molecular weight excluding hydrogens is 417 g/mol. The molecule has 0 fully saturated rings. The van der Waals surface area contributed by atoms with Gasteiger partial charge < -0.3 is 0 Å². The lowest BCUT2D eigenvalue weighted by Gasteiger charge is -2.24. The number of halogens is 1. The van der Waals surface area contributed by atoms with E-state index in [9.17, 15) is 17.6 Å². The molecule has 0 aliphatic carbocycles. The Labute approximate surface area is 181 Å². The molecule has 3 aromatic carbocycles. The quantitative estimate of drug-likeness (QED) is 0.429. The van der Waals surface area contributed by atoms with Gasteiger partial charge in [0, 0.05) is 0 Å². The Bertz CT molecular complexity index is 1150. The second-order valence-corrected chi connectivity index (χ2v) is 8.55. The van der Waals surface area contributed by atoms with Crippen LogP contribution in [-0.4, -0.2) is 27.1 Å². The van der Waals surface area contributed by atoms with E-state index in [1.54, 1.807) is 30.3 Å². The van der Waals surface area contributed by atoms with Crippen molar-refractivity contribution < 1.29 is 17.6 Å². The molecule has 0 radical (unpaired) electrons. The molecule has 1 N–H and O–H groups in total. The van der Waals surface area contributed by atoms with Crippen molar-refractivity contribution in [3.8, 4) is 0 Å². The molecule has 0 bridgehead atoms. The zero-order valence-corrected chi connectivity index (χ0v) is 17.7. The highest BCUT2D eigenvalue weighted by Crippen LogP contribution is 2.24. The van der Waals surface area contributed by atoms with Gasteiger partial charge in [0.1, 0.15) is 12.4 Å². The van der Waals surface area contributed by atoms with Gasteiger partial charge in [0.2, 0.25) is 0 Å². The van der Waals surface area contributed by atoms with Gasteiger partial charge in [-0.1, -0.05) is 49.4 Å². The van der Waals surface area contributed by atoms with Crippen LogP contribution in [0.3, 0.4) is 0 Å². The Hall–Kier alpha value is -3.52. The number of hydrogen-bond acceptors (Lipinski definition) is 4. The molecule has 3 aromatic rings. The third-order valence-corrected chi connectivity index (χ3v) is 6.31. The lowest BCUT2D eigenvalue weighted by molar-refractivity contribution is -0.119. The normalized spacial score (nSPS) is 11.4. The zero-order chi connectivity index (χ0) is 22.3. The average Bonchev–Trinajstić information content (AvgIpc) is 2.79. The van der Waals surface area contributed by atoms with Gasteiger partial charge in [-0.3, -0.25) is 9.10 Å². The number of nitrogens with one attached hydrogen (secondary N) is 1. The average molecular weight is 440 g/mol. The highest BCUT2D eigenvalue weighted by Gasteiger charge is 2.27. The minimum absolute atomic E-state index is 0.0807. The Kier molecular flexibility index (Phi) is 7.15. The van der Waals surface area contributed by atoms with E-state index >= 15 is 0 Å². The number of rotatable bonds is 8. The first kappa shape index (κ1) is 22.2. The summed E-state index contributed by atoms with van der Waals surface area (Å²) in [6.07, 6.45) is 2.16. The van der Waals surface area contributed by atoms with Crippen LogP contribution in [0.2, 0.25) is 0 Å². The molecule has 0 spiro atoms. The van der Waals surface area contributed by atoms with Crippen LogP contribution < -0.4 is 9.73 Å². The van der Waals surface area contributed by atoms with Gasteiger partial charge >= 0.3 is 0 Å². The minimum atomic E-state index is -3.97. The van der Waals surface area contributed by atoms with Crippen LogP contribution in [0, 0.1) is 5.82 Å².